The molecule has 94 valence electrons. The molecule has 1 aliphatic carbocycles. The first-order chi connectivity index (χ1) is 7.76. The third-order valence-electron chi connectivity index (χ3n) is 4.46. The highest BCUT2D eigenvalue weighted by atomic mass is 16.5. The molecule has 0 radical (unpaired) electrons. The maximum Gasteiger partial charge on any atom is 0.0823 e. The maximum absolute atomic E-state index is 5.95. The van der Waals surface area contributed by atoms with Crippen LogP contribution in [0.4, 0.5) is 0 Å². The van der Waals surface area contributed by atoms with Gasteiger partial charge in [-0.25, -0.2) is 0 Å². The molecule has 2 unspecified atom stereocenters. The quantitative estimate of drug-likeness (QED) is 0.441. The van der Waals surface area contributed by atoms with Crippen molar-refractivity contribution >= 4 is 0 Å². The van der Waals surface area contributed by atoms with Crippen molar-refractivity contribution in [1.29, 1.82) is 0 Å². The van der Waals surface area contributed by atoms with Crippen LogP contribution in [0.15, 0.2) is 0 Å². The number of hydrogen-bond acceptors (Lipinski definition) is 3. The summed E-state index contributed by atoms with van der Waals surface area (Å²) in [6.07, 6.45) is 10.5. The number of hydrogen-bond donors (Lipinski definition) is 2. The predicted molar refractivity (Wildman–Crippen MR) is 65.9 cm³/mol. The molecule has 0 amide bonds. The third kappa shape index (κ3) is 2.58. The summed E-state index contributed by atoms with van der Waals surface area (Å²) >= 11 is 0. The Hall–Kier alpha value is -0.120. The fraction of sp³-hybridized carbons (Fsp3) is 1.00. The standard InChI is InChI=1S/C13H26N2O/c1-13(9-6-10-16-13)12(15-14)11-7-4-2-3-5-8-11/h11-12,15H,2-10,14H2,1H3. The molecule has 2 rings (SSSR count). The second-order valence-corrected chi connectivity index (χ2v) is 5.66. The molecule has 16 heavy (non-hydrogen) atoms. The first-order valence-corrected chi connectivity index (χ1v) is 6.86. The number of nitrogens with two attached hydrogens (primary N) is 1. The van der Waals surface area contributed by atoms with Crippen molar-refractivity contribution in [1.82, 2.24) is 5.43 Å². The van der Waals surface area contributed by atoms with E-state index in [1.807, 2.05) is 0 Å². The van der Waals surface area contributed by atoms with Crippen LogP contribution in [-0.4, -0.2) is 18.2 Å². The largest absolute Gasteiger partial charge is 0.374 e. The van der Waals surface area contributed by atoms with E-state index in [9.17, 15) is 0 Å². The lowest BCUT2D eigenvalue weighted by Crippen LogP contribution is -2.55. The average Bonchev–Trinajstić information content (AvgIpc) is 2.54. The number of nitrogens with one attached hydrogen (secondary N) is 1. The van der Waals surface area contributed by atoms with Crippen molar-refractivity contribution in [3.05, 3.63) is 0 Å². The molecule has 1 saturated carbocycles. The number of ether oxygens (including phenoxy) is 1. The van der Waals surface area contributed by atoms with E-state index in [1.165, 1.54) is 44.9 Å². The SMILES string of the molecule is CC1(C(NN)C2CCCCCC2)CCCO1. The van der Waals surface area contributed by atoms with E-state index in [-0.39, 0.29) is 5.60 Å². The van der Waals surface area contributed by atoms with Gasteiger partial charge in [-0.2, -0.15) is 0 Å². The molecule has 2 atom stereocenters. The molecule has 0 spiro atoms. The van der Waals surface area contributed by atoms with Crippen molar-refractivity contribution in [2.45, 2.75) is 69.9 Å². The Morgan fingerprint density at radius 3 is 2.38 bits per heavy atom. The summed E-state index contributed by atoms with van der Waals surface area (Å²) in [6.45, 7) is 3.14. The van der Waals surface area contributed by atoms with Crippen molar-refractivity contribution in [2.75, 3.05) is 6.61 Å². The molecule has 1 saturated heterocycles. The monoisotopic (exact) mass is 226 g/mol. The zero-order chi connectivity index (χ0) is 11.4. The van der Waals surface area contributed by atoms with Crippen molar-refractivity contribution in [3.63, 3.8) is 0 Å². The van der Waals surface area contributed by atoms with Crippen LogP contribution in [-0.2, 0) is 4.74 Å². The third-order valence-corrected chi connectivity index (χ3v) is 4.46. The molecule has 2 aliphatic rings. The van der Waals surface area contributed by atoms with Gasteiger partial charge in [0, 0.05) is 6.61 Å². The van der Waals surface area contributed by atoms with Crippen LogP contribution in [0.25, 0.3) is 0 Å². The summed E-state index contributed by atoms with van der Waals surface area (Å²) in [4.78, 5) is 0. The van der Waals surface area contributed by atoms with Crippen molar-refractivity contribution in [2.24, 2.45) is 11.8 Å². The minimum atomic E-state index is -0.0241. The molecule has 2 fully saturated rings. The van der Waals surface area contributed by atoms with Gasteiger partial charge in [-0.1, -0.05) is 25.7 Å². The van der Waals surface area contributed by atoms with Crippen molar-refractivity contribution < 1.29 is 4.74 Å². The molecular weight excluding hydrogens is 200 g/mol. The van der Waals surface area contributed by atoms with E-state index in [0.29, 0.717) is 12.0 Å². The molecule has 0 bridgehead atoms. The molecule has 1 aliphatic heterocycles. The number of rotatable bonds is 3. The van der Waals surface area contributed by atoms with Gasteiger partial charge in [-0.05, 0) is 38.5 Å². The van der Waals surface area contributed by atoms with Gasteiger partial charge >= 0.3 is 0 Å². The highest BCUT2D eigenvalue weighted by molar-refractivity contribution is 4.95. The summed E-state index contributed by atoms with van der Waals surface area (Å²) < 4.78 is 5.95. The van der Waals surface area contributed by atoms with Gasteiger partial charge in [0.05, 0.1) is 11.6 Å². The molecule has 1 heterocycles. The molecule has 3 N–H and O–H groups in total. The van der Waals surface area contributed by atoms with Gasteiger partial charge in [0.1, 0.15) is 0 Å². The fourth-order valence-corrected chi connectivity index (χ4v) is 3.50. The van der Waals surface area contributed by atoms with Crippen LogP contribution in [0, 0.1) is 5.92 Å². The fourth-order valence-electron chi connectivity index (χ4n) is 3.50. The summed E-state index contributed by atoms with van der Waals surface area (Å²) in [7, 11) is 0. The Kier molecular flexibility index (Phi) is 4.22. The van der Waals surface area contributed by atoms with Crippen LogP contribution >= 0.6 is 0 Å². The van der Waals surface area contributed by atoms with Gasteiger partial charge in [0.25, 0.3) is 0 Å². The zero-order valence-corrected chi connectivity index (χ0v) is 10.5. The van der Waals surface area contributed by atoms with Crippen LogP contribution in [0.3, 0.4) is 0 Å². The lowest BCUT2D eigenvalue weighted by molar-refractivity contribution is -0.0310. The molecule has 0 aromatic rings. The van der Waals surface area contributed by atoms with Crippen LogP contribution in [0.2, 0.25) is 0 Å². The Labute approximate surface area is 99.1 Å². The van der Waals surface area contributed by atoms with Crippen LogP contribution < -0.4 is 11.3 Å². The Bertz CT molecular complexity index is 206. The summed E-state index contributed by atoms with van der Waals surface area (Å²) in [5, 5.41) is 0. The van der Waals surface area contributed by atoms with Crippen LogP contribution in [0.1, 0.15) is 58.3 Å². The summed E-state index contributed by atoms with van der Waals surface area (Å²) in [5.41, 5.74) is 3.03. The minimum Gasteiger partial charge on any atom is -0.374 e. The maximum atomic E-state index is 5.95. The van der Waals surface area contributed by atoms with E-state index >= 15 is 0 Å². The van der Waals surface area contributed by atoms with Gasteiger partial charge in [0.15, 0.2) is 0 Å². The van der Waals surface area contributed by atoms with Gasteiger partial charge in [-0.3, -0.25) is 11.3 Å². The summed E-state index contributed by atoms with van der Waals surface area (Å²) in [6, 6.07) is 0.341. The van der Waals surface area contributed by atoms with Gasteiger partial charge < -0.3 is 4.74 Å². The molecule has 0 aromatic carbocycles. The normalized spacial score (nSPS) is 34.9. The molecule has 3 heteroatoms. The van der Waals surface area contributed by atoms with E-state index in [1.54, 1.807) is 0 Å². The summed E-state index contributed by atoms with van der Waals surface area (Å²) in [5.74, 6) is 6.49. The topological polar surface area (TPSA) is 47.3 Å². The Balaban J connectivity index is 2.02. The number of hydrazine groups is 1. The zero-order valence-electron chi connectivity index (χ0n) is 10.5. The second-order valence-electron chi connectivity index (χ2n) is 5.66. The van der Waals surface area contributed by atoms with E-state index in [2.05, 4.69) is 12.3 Å². The Morgan fingerprint density at radius 2 is 1.88 bits per heavy atom. The first-order valence-electron chi connectivity index (χ1n) is 6.86. The highest BCUT2D eigenvalue weighted by Crippen LogP contribution is 2.36. The first kappa shape index (κ1) is 12.3. The van der Waals surface area contributed by atoms with E-state index in [0.717, 1.165) is 13.0 Å². The van der Waals surface area contributed by atoms with E-state index < -0.39 is 0 Å². The van der Waals surface area contributed by atoms with E-state index in [4.69, 9.17) is 10.6 Å². The molecular formula is C13H26N2O. The van der Waals surface area contributed by atoms with Gasteiger partial charge in [0.2, 0.25) is 0 Å². The highest BCUT2D eigenvalue weighted by Gasteiger charge is 2.41. The Morgan fingerprint density at radius 1 is 1.19 bits per heavy atom. The second kappa shape index (κ2) is 5.48. The van der Waals surface area contributed by atoms with Crippen LogP contribution in [0.5, 0.6) is 0 Å². The average molecular weight is 226 g/mol. The lowest BCUT2D eigenvalue weighted by atomic mass is 9.80. The van der Waals surface area contributed by atoms with Gasteiger partial charge in [-0.15, -0.1) is 0 Å². The predicted octanol–water partition coefficient (Wildman–Crippen LogP) is 2.36. The smallest absolute Gasteiger partial charge is 0.0823 e. The molecule has 0 aromatic heterocycles. The minimum absolute atomic E-state index is 0.0241. The lowest BCUT2D eigenvalue weighted by Gasteiger charge is -2.38. The molecule has 3 nitrogen and oxygen atoms in total. The van der Waals surface area contributed by atoms with Crippen molar-refractivity contribution in [3.8, 4) is 0 Å².